The maximum atomic E-state index is 12.3. The van der Waals surface area contributed by atoms with Crippen LogP contribution in [-0.2, 0) is 35.1 Å². The largest absolute Gasteiger partial charge is 0.480 e. The lowest BCUT2D eigenvalue weighted by molar-refractivity contribution is -0.142. The van der Waals surface area contributed by atoms with Gasteiger partial charge in [-0.15, -0.1) is 0 Å². The summed E-state index contributed by atoms with van der Waals surface area (Å²) in [6.07, 6.45) is 2.10. The second-order valence-electron chi connectivity index (χ2n) is 6.86. The van der Waals surface area contributed by atoms with Crippen LogP contribution in [0.2, 0.25) is 0 Å². The zero-order valence-corrected chi connectivity index (χ0v) is 17.0. The van der Waals surface area contributed by atoms with Crippen LogP contribution < -0.4 is 16.0 Å². The lowest BCUT2D eigenvalue weighted by Crippen LogP contribution is -2.63. The van der Waals surface area contributed by atoms with Gasteiger partial charge < -0.3 is 25.8 Å². The van der Waals surface area contributed by atoms with Gasteiger partial charge in [-0.25, -0.2) is 9.59 Å². The topological polar surface area (TPSA) is 151 Å². The Kier molecular flexibility index (Phi) is 8.74. The van der Waals surface area contributed by atoms with Gasteiger partial charge in [0.05, 0.1) is 13.0 Å². The van der Waals surface area contributed by atoms with Crippen molar-refractivity contribution in [2.75, 3.05) is 6.61 Å². The van der Waals surface area contributed by atoms with Crippen molar-refractivity contribution in [1.82, 2.24) is 16.0 Å². The van der Waals surface area contributed by atoms with Crippen LogP contribution in [0.25, 0.3) is 0 Å². The molecule has 0 unspecified atom stereocenters. The van der Waals surface area contributed by atoms with Crippen LogP contribution in [0.4, 0.5) is 0 Å². The number of benzene rings is 1. The molecule has 1 aromatic carbocycles. The summed E-state index contributed by atoms with van der Waals surface area (Å²) in [5, 5.41) is 16.6. The maximum Gasteiger partial charge on any atom is 0.330 e. The van der Waals surface area contributed by atoms with Crippen molar-refractivity contribution in [3.63, 3.8) is 0 Å². The van der Waals surface area contributed by atoms with E-state index >= 15 is 0 Å². The lowest BCUT2D eigenvalue weighted by atomic mass is 10.0. The van der Waals surface area contributed by atoms with Crippen LogP contribution in [-0.4, -0.2) is 59.5 Å². The first-order valence-electron chi connectivity index (χ1n) is 9.80. The van der Waals surface area contributed by atoms with E-state index in [1.165, 1.54) is 6.08 Å². The van der Waals surface area contributed by atoms with Gasteiger partial charge in [0, 0.05) is 12.5 Å². The highest BCUT2D eigenvalue weighted by atomic mass is 16.5. The van der Waals surface area contributed by atoms with Gasteiger partial charge in [-0.3, -0.25) is 14.4 Å². The van der Waals surface area contributed by atoms with Gasteiger partial charge in [0.25, 0.3) is 0 Å². The number of amides is 3. The van der Waals surface area contributed by atoms with Gasteiger partial charge in [-0.05, 0) is 18.9 Å². The molecule has 1 aliphatic rings. The van der Waals surface area contributed by atoms with E-state index in [2.05, 4.69) is 20.7 Å². The first-order chi connectivity index (χ1) is 14.8. The Morgan fingerprint density at radius 1 is 1.13 bits per heavy atom. The molecule has 0 saturated carbocycles. The molecule has 1 saturated heterocycles. The fraction of sp³-hybridized carbons (Fsp3) is 0.381. The molecule has 166 valence electrons. The molecule has 0 aliphatic carbocycles. The highest BCUT2D eigenvalue weighted by Gasteiger charge is 2.35. The molecule has 1 aromatic rings. The van der Waals surface area contributed by atoms with Gasteiger partial charge in [0.15, 0.2) is 0 Å². The third-order valence-electron chi connectivity index (χ3n) is 4.48. The Labute approximate surface area is 179 Å². The molecule has 31 heavy (non-hydrogen) atoms. The third kappa shape index (κ3) is 7.57. The van der Waals surface area contributed by atoms with Crippen molar-refractivity contribution in [1.29, 1.82) is 0 Å². The first kappa shape index (κ1) is 23.6. The van der Waals surface area contributed by atoms with Gasteiger partial charge in [-0.1, -0.05) is 36.4 Å². The summed E-state index contributed by atoms with van der Waals surface area (Å²) in [4.78, 5) is 59.5. The second-order valence-corrected chi connectivity index (χ2v) is 6.86. The number of carboxylic acids is 1. The predicted octanol–water partition coefficient (Wildman–Crippen LogP) is -0.319. The Balaban J connectivity index is 1.87. The van der Waals surface area contributed by atoms with E-state index in [-0.39, 0.29) is 13.0 Å². The Morgan fingerprint density at radius 3 is 2.42 bits per heavy atom. The second kappa shape index (κ2) is 11.5. The van der Waals surface area contributed by atoms with Crippen molar-refractivity contribution >= 4 is 29.7 Å². The molecule has 3 amide bonds. The van der Waals surface area contributed by atoms with Crippen LogP contribution in [0.3, 0.4) is 0 Å². The van der Waals surface area contributed by atoms with E-state index in [0.717, 1.165) is 11.6 Å². The lowest BCUT2D eigenvalue weighted by Gasteiger charge is -2.29. The van der Waals surface area contributed by atoms with Crippen LogP contribution >= 0.6 is 0 Å². The average molecular weight is 431 g/mol. The number of carbonyl (C=O) groups excluding carboxylic acids is 4. The fourth-order valence-corrected chi connectivity index (χ4v) is 2.96. The van der Waals surface area contributed by atoms with Crippen LogP contribution in [0.1, 0.15) is 25.3 Å². The van der Waals surface area contributed by atoms with Crippen LogP contribution in [0.15, 0.2) is 42.5 Å². The minimum atomic E-state index is -1.30. The van der Waals surface area contributed by atoms with E-state index in [4.69, 9.17) is 0 Å². The summed E-state index contributed by atoms with van der Waals surface area (Å²) in [7, 11) is 0. The molecule has 4 N–H and O–H groups in total. The minimum absolute atomic E-state index is 0.151. The average Bonchev–Trinajstić information content (AvgIpc) is 2.72. The van der Waals surface area contributed by atoms with Gasteiger partial charge in [-0.2, -0.15) is 0 Å². The molecule has 0 spiro atoms. The summed E-state index contributed by atoms with van der Waals surface area (Å²) in [6.45, 7) is 1.82. The number of carbonyl (C=O) groups is 5. The molecule has 0 bridgehead atoms. The van der Waals surface area contributed by atoms with E-state index in [9.17, 15) is 29.1 Å². The van der Waals surface area contributed by atoms with E-state index < -0.39 is 54.2 Å². The standard InChI is InChI=1S/C21H25N3O7/c1-2-31-18(26)10-6-9-14(21(29)30)22-17(25)12-16-20(28)23-15(19(27)24-16)11-13-7-4-3-5-8-13/h3-8,10,14-16H,2,9,11-12H2,1H3,(H,22,25)(H,23,28)(H,24,27)(H,29,30)/b10-6+/t14-,15+,16+/m1/s1. The number of nitrogens with one attached hydrogen (secondary N) is 3. The van der Waals surface area contributed by atoms with Crippen molar-refractivity contribution in [2.24, 2.45) is 0 Å². The molecule has 1 fully saturated rings. The number of piperazine rings is 1. The highest BCUT2D eigenvalue weighted by Crippen LogP contribution is 2.09. The maximum absolute atomic E-state index is 12.3. The van der Waals surface area contributed by atoms with Crippen molar-refractivity contribution < 1.29 is 33.8 Å². The first-order valence-corrected chi connectivity index (χ1v) is 9.80. The minimum Gasteiger partial charge on any atom is -0.480 e. The predicted molar refractivity (Wildman–Crippen MR) is 109 cm³/mol. The Morgan fingerprint density at radius 2 is 1.77 bits per heavy atom. The number of hydrogen-bond acceptors (Lipinski definition) is 6. The normalized spacial score (nSPS) is 19.3. The Bertz CT molecular complexity index is 854. The summed E-state index contributed by atoms with van der Waals surface area (Å²) < 4.78 is 4.69. The van der Waals surface area contributed by atoms with Crippen LogP contribution in [0, 0.1) is 0 Å². The van der Waals surface area contributed by atoms with Gasteiger partial charge >= 0.3 is 11.9 Å². The molecular weight excluding hydrogens is 406 g/mol. The zero-order chi connectivity index (χ0) is 22.8. The van der Waals surface area contributed by atoms with Crippen molar-refractivity contribution in [2.45, 2.75) is 44.3 Å². The number of carboxylic acid groups (broad SMARTS) is 1. The van der Waals surface area contributed by atoms with Gasteiger partial charge in [0.1, 0.15) is 18.1 Å². The Hall–Kier alpha value is -3.69. The number of hydrogen-bond donors (Lipinski definition) is 4. The van der Waals surface area contributed by atoms with E-state index in [1.807, 2.05) is 30.3 Å². The number of esters is 1. The quantitative estimate of drug-likeness (QED) is 0.293. The number of aliphatic carboxylic acids is 1. The summed E-state index contributed by atoms with van der Waals surface area (Å²) in [6, 6.07) is 6.00. The van der Waals surface area contributed by atoms with Gasteiger partial charge in [0.2, 0.25) is 17.7 Å². The molecule has 3 atom stereocenters. The smallest absolute Gasteiger partial charge is 0.330 e. The third-order valence-corrected chi connectivity index (χ3v) is 4.48. The van der Waals surface area contributed by atoms with Crippen molar-refractivity contribution in [3.8, 4) is 0 Å². The van der Waals surface area contributed by atoms with Crippen LogP contribution in [0.5, 0.6) is 0 Å². The SMILES string of the molecule is CCOC(=O)/C=C/C[C@@H](NC(=O)C[C@@H]1NC(=O)[C@H](Cc2ccccc2)NC1=O)C(=O)O. The molecule has 1 aliphatic heterocycles. The molecular formula is C21H25N3O7. The summed E-state index contributed by atoms with van der Waals surface area (Å²) in [5.41, 5.74) is 0.874. The monoisotopic (exact) mass is 431 g/mol. The highest BCUT2D eigenvalue weighted by molar-refractivity contribution is 5.99. The number of rotatable bonds is 10. The molecule has 0 aromatic heterocycles. The molecule has 10 heteroatoms. The molecule has 10 nitrogen and oxygen atoms in total. The summed E-state index contributed by atoms with van der Waals surface area (Å²) in [5.74, 6) is -3.59. The van der Waals surface area contributed by atoms with Crippen molar-refractivity contribution in [3.05, 3.63) is 48.0 Å². The van der Waals surface area contributed by atoms with E-state index in [1.54, 1.807) is 6.92 Å². The molecule has 1 heterocycles. The number of ether oxygens (including phenoxy) is 1. The summed E-state index contributed by atoms with van der Waals surface area (Å²) >= 11 is 0. The molecule has 0 radical (unpaired) electrons. The zero-order valence-electron chi connectivity index (χ0n) is 17.0. The van der Waals surface area contributed by atoms with E-state index in [0.29, 0.717) is 6.42 Å². The molecule has 2 rings (SSSR count). The fourth-order valence-electron chi connectivity index (χ4n) is 2.96.